The van der Waals surface area contributed by atoms with E-state index < -0.39 is 0 Å². The summed E-state index contributed by atoms with van der Waals surface area (Å²) in [6.07, 6.45) is 3.22. The van der Waals surface area contributed by atoms with E-state index in [4.69, 9.17) is 16.3 Å². The molecule has 7 nitrogen and oxygen atoms in total. The van der Waals surface area contributed by atoms with Crippen molar-refractivity contribution in [3.63, 3.8) is 0 Å². The number of aromatic nitrogens is 2. The summed E-state index contributed by atoms with van der Waals surface area (Å²) in [5.41, 5.74) is 2.03. The van der Waals surface area contributed by atoms with Crippen molar-refractivity contribution in [1.29, 1.82) is 0 Å². The molecule has 0 radical (unpaired) electrons. The Bertz CT molecular complexity index is 834. The number of amides is 2. The Morgan fingerprint density at radius 1 is 1.42 bits per heavy atom. The Morgan fingerprint density at radius 3 is 2.92 bits per heavy atom. The summed E-state index contributed by atoms with van der Waals surface area (Å²) in [4.78, 5) is 23.8. The predicted octanol–water partition coefficient (Wildman–Crippen LogP) is 2.50. The predicted molar refractivity (Wildman–Crippen MR) is 98.7 cm³/mol. The van der Waals surface area contributed by atoms with Crippen molar-refractivity contribution in [2.75, 3.05) is 19.0 Å². The number of aryl methyl sites for hydroxylation is 1. The molecular formula is C18H21ClN4O3. The molecule has 8 heteroatoms. The van der Waals surface area contributed by atoms with E-state index in [0.29, 0.717) is 40.9 Å². The average Bonchev–Trinajstić information content (AvgIpc) is 3.03. The number of carbonyl (C=O) groups is 2. The largest absolute Gasteiger partial charge is 0.495 e. The van der Waals surface area contributed by atoms with E-state index in [0.717, 1.165) is 18.7 Å². The van der Waals surface area contributed by atoms with Crippen molar-refractivity contribution in [3.8, 4) is 5.75 Å². The summed E-state index contributed by atoms with van der Waals surface area (Å²) in [5.74, 6) is 0.574. The lowest BCUT2D eigenvalue weighted by atomic mass is 9.94. The number of hydrogen-bond donors (Lipinski definition) is 2. The van der Waals surface area contributed by atoms with Crippen LogP contribution in [0.2, 0.25) is 5.02 Å². The maximum Gasteiger partial charge on any atom is 0.259 e. The molecule has 3 rings (SSSR count). The number of fused-ring (bicyclic) bond motifs is 1. The van der Waals surface area contributed by atoms with Gasteiger partial charge in [-0.1, -0.05) is 11.6 Å². The summed E-state index contributed by atoms with van der Waals surface area (Å²) >= 11 is 6.11. The van der Waals surface area contributed by atoms with E-state index >= 15 is 0 Å². The molecule has 2 N–H and O–H groups in total. The molecule has 138 valence electrons. The summed E-state index contributed by atoms with van der Waals surface area (Å²) in [5, 5.41) is 10.4. The van der Waals surface area contributed by atoms with Gasteiger partial charge in [-0.15, -0.1) is 0 Å². The smallest absolute Gasteiger partial charge is 0.259 e. The first-order valence-corrected chi connectivity index (χ1v) is 8.79. The summed E-state index contributed by atoms with van der Waals surface area (Å²) in [7, 11) is 1.54. The third-order valence-electron chi connectivity index (χ3n) is 4.47. The first kappa shape index (κ1) is 18.3. The molecule has 0 fully saturated rings. The quantitative estimate of drug-likeness (QED) is 0.839. The second kappa shape index (κ2) is 7.78. The van der Waals surface area contributed by atoms with E-state index in [1.807, 2.05) is 4.68 Å². The van der Waals surface area contributed by atoms with Crippen LogP contribution in [0.4, 0.5) is 5.69 Å². The lowest BCUT2D eigenvalue weighted by Gasteiger charge is -2.24. The Hall–Kier alpha value is -2.54. The topological polar surface area (TPSA) is 85.2 Å². The van der Waals surface area contributed by atoms with Gasteiger partial charge in [0.2, 0.25) is 5.91 Å². The maximum absolute atomic E-state index is 12.7. The van der Waals surface area contributed by atoms with Gasteiger partial charge in [0.15, 0.2) is 0 Å². The van der Waals surface area contributed by atoms with Crippen molar-refractivity contribution >= 4 is 29.1 Å². The number of nitrogens with one attached hydrogen (secondary N) is 2. The minimum Gasteiger partial charge on any atom is -0.495 e. The highest BCUT2D eigenvalue weighted by atomic mass is 35.5. The molecule has 0 aliphatic carbocycles. The van der Waals surface area contributed by atoms with Gasteiger partial charge in [-0.05, 0) is 37.0 Å². The molecule has 0 bridgehead atoms. The van der Waals surface area contributed by atoms with Gasteiger partial charge in [0.05, 0.1) is 29.6 Å². The lowest BCUT2D eigenvalue weighted by molar-refractivity contribution is -0.119. The molecule has 1 atom stereocenters. The number of carbonyl (C=O) groups excluding carboxylic acids is 2. The third-order valence-corrected chi connectivity index (χ3v) is 4.77. The minimum absolute atomic E-state index is 0.0431. The van der Waals surface area contributed by atoms with E-state index in [2.05, 4.69) is 15.7 Å². The van der Waals surface area contributed by atoms with E-state index in [1.165, 1.54) is 14.0 Å². The van der Waals surface area contributed by atoms with Crippen LogP contribution in [0.15, 0.2) is 24.4 Å². The van der Waals surface area contributed by atoms with Gasteiger partial charge in [0, 0.05) is 25.7 Å². The fourth-order valence-corrected chi connectivity index (χ4v) is 3.35. The van der Waals surface area contributed by atoms with E-state index in [9.17, 15) is 9.59 Å². The van der Waals surface area contributed by atoms with Gasteiger partial charge in [0.25, 0.3) is 5.91 Å². The minimum atomic E-state index is -0.229. The Morgan fingerprint density at radius 2 is 2.23 bits per heavy atom. The van der Waals surface area contributed by atoms with Gasteiger partial charge < -0.3 is 15.4 Å². The number of ether oxygens (including phenoxy) is 1. The standard InChI is InChI=1S/C18H21ClN4O3/c1-11(24)20-9-12-5-6-23-16(7-12)14(10-21-23)18(25)22-13-3-4-17(26-2)15(19)8-13/h3-4,8,10,12H,5-7,9H2,1-2H3,(H,20,24)(H,22,25). The van der Waals surface area contributed by atoms with Gasteiger partial charge in [-0.2, -0.15) is 5.10 Å². The van der Waals surface area contributed by atoms with Crippen molar-refractivity contribution in [3.05, 3.63) is 40.7 Å². The van der Waals surface area contributed by atoms with Gasteiger partial charge in [-0.25, -0.2) is 0 Å². The van der Waals surface area contributed by atoms with Crippen molar-refractivity contribution in [1.82, 2.24) is 15.1 Å². The molecule has 2 heterocycles. The van der Waals surface area contributed by atoms with Crippen LogP contribution in [0.3, 0.4) is 0 Å². The molecule has 2 amide bonds. The number of hydrogen-bond acceptors (Lipinski definition) is 4. The van der Waals surface area contributed by atoms with Crippen LogP contribution in [0.5, 0.6) is 5.75 Å². The highest BCUT2D eigenvalue weighted by molar-refractivity contribution is 6.32. The SMILES string of the molecule is COc1ccc(NC(=O)c2cnn3c2CC(CNC(C)=O)CC3)cc1Cl. The summed E-state index contributed by atoms with van der Waals surface area (Å²) in [6, 6.07) is 5.08. The molecule has 1 unspecified atom stereocenters. The highest BCUT2D eigenvalue weighted by Gasteiger charge is 2.25. The Kier molecular flexibility index (Phi) is 5.46. The van der Waals surface area contributed by atoms with Gasteiger partial charge in [0.1, 0.15) is 5.75 Å². The first-order valence-electron chi connectivity index (χ1n) is 8.42. The second-order valence-electron chi connectivity index (χ2n) is 6.33. The van der Waals surface area contributed by atoms with Crippen LogP contribution < -0.4 is 15.4 Å². The normalized spacial score (nSPS) is 15.9. The van der Waals surface area contributed by atoms with Crippen LogP contribution in [0.25, 0.3) is 0 Å². The molecule has 1 aliphatic heterocycles. The molecule has 1 aliphatic rings. The molecule has 26 heavy (non-hydrogen) atoms. The fraction of sp³-hybridized carbons (Fsp3) is 0.389. The van der Waals surface area contributed by atoms with Gasteiger partial charge in [-0.3, -0.25) is 14.3 Å². The van der Waals surface area contributed by atoms with E-state index in [-0.39, 0.29) is 11.8 Å². The van der Waals surface area contributed by atoms with Crippen LogP contribution >= 0.6 is 11.6 Å². The molecule has 0 saturated heterocycles. The maximum atomic E-state index is 12.7. The molecule has 0 saturated carbocycles. The summed E-state index contributed by atoms with van der Waals surface area (Å²) in [6.45, 7) is 2.85. The van der Waals surface area contributed by atoms with Crippen molar-refractivity contribution < 1.29 is 14.3 Å². The molecular weight excluding hydrogens is 356 g/mol. The zero-order chi connectivity index (χ0) is 18.7. The average molecular weight is 377 g/mol. The van der Waals surface area contributed by atoms with Gasteiger partial charge >= 0.3 is 0 Å². The zero-order valence-corrected chi connectivity index (χ0v) is 15.5. The van der Waals surface area contributed by atoms with Crippen molar-refractivity contribution in [2.45, 2.75) is 26.3 Å². The monoisotopic (exact) mass is 376 g/mol. The summed E-state index contributed by atoms with van der Waals surface area (Å²) < 4.78 is 6.98. The lowest BCUT2D eigenvalue weighted by Crippen LogP contribution is -2.32. The van der Waals surface area contributed by atoms with Crippen LogP contribution in [-0.4, -0.2) is 35.2 Å². The van der Waals surface area contributed by atoms with E-state index in [1.54, 1.807) is 24.4 Å². The third kappa shape index (κ3) is 3.99. The van der Waals surface area contributed by atoms with Crippen LogP contribution in [-0.2, 0) is 17.8 Å². The number of anilines is 1. The molecule has 1 aromatic heterocycles. The Balaban J connectivity index is 1.72. The number of rotatable bonds is 5. The number of halogens is 1. The van der Waals surface area contributed by atoms with Crippen LogP contribution in [0.1, 0.15) is 29.4 Å². The zero-order valence-electron chi connectivity index (χ0n) is 14.7. The molecule has 1 aromatic carbocycles. The molecule has 0 spiro atoms. The van der Waals surface area contributed by atoms with Crippen molar-refractivity contribution in [2.24, 2.45) is 5.92 Å². The van der Waals surface area contributed by atoms with Crippen LogP contribution in [0, 0.1) is 5.92 Å². The Labute approximate surface area is 156 Å². The number of nitrogens with zero attached hydrogens (tertiary/aromatic N) is 2. The number of benzene rings is 1. The second-order valence-corrected chi connectivity index (χ2v) is 6.73. The fourth-order valence-electron chi connectivity index (χ4n) is 3.09. The highest BCUT2D eigenvalue weighted by Crippen LogP contribution is 2.28. The molecule has 2 aromatic rings. The first-order chi connectivity index (χ1) is 12.5. The number of methoxy groups -OCH3 is 1.